The number of rotatable bonds is 4. The Hall–Kier alpha value is -1.20. The summed E-state index contributed by atoms with van der Waals surface area (Å²) in [5.74, 6) is 0.894. The van der Waals surface area contributed by atoms with Crippen molar-refractivity contribution in [3.8, 4) is 0 Å². The fourth-order valence-corrected chi connectivity index (χ4v) is 3.93. The number of hydrogen-bond acceptors (Lipinski definition) is 4. The number of likely N-dealkylation sites (tertiary alicyclic amines) is 1. The van der Waals surface area contributed by atoms with Crippen LogP contribution in [0.4, 0.5) is 0 Å². The van der Waals surface area contributed by atoms with Crippen molar-refractivity contribution < 1.29 is 4.74 Å². The zero-order chi connectivity index (χ0) is 14.9. The minimum absolute atomic E-state index is 0.0275. The summed E-state index contributed by atoms with van der Waals surface area (Å²) in [5.41, 5.74) is 2.05. The van der Waals surface area contributed by atoms with Crippen molar-refractivity contribution in [2.75, 3.05) is 19.7 Å². The van der Waals surface area contributed by atoms with Crippen LogP contribution in [0.25, 0.3) is 0 Å². The van der Waals surface area contributed by atoms with Gasteiger partial charge in [-0.3, -0.25) is 9.69 Å². The average molecular weight is 303 g/mol. The number of fused-ring (bicyclic) bond motifs is 1. The minimum atomic E-state index is 0.0275. The molecule has 1 aromatic rings. The van der Waals surface area contributed by atoms with E-state index >= 15 is 0 Å². The molecule has 1 saturated heterocycles. The van der Waals surface area contributed by atoms with E-state index in [2.05, 4.69) is 10.00 Å². The highest BCUT2D eigenvalue weighted by atomic mass is 16.5. The van der Waals surface area contributed by atoms with Crippen molar-refractivity contribution in [3.63, 3.8) is 0 Å². The Balaban J connectivity index is 1.48. The van der Waals surface area contributed by atoms with Gasteiger partial charge >= 0.3 is 0 Å². The van der Waals surface area contributed by atoms with E-state index in [1.807, 2.05) is 0 Å². The lowest BCUT2D eigenvalue weighted by atomic mass is 9.85. The van der Waals surface area contributed by atoms with Crippen LogP contribution in [0.1, 0.15) is 43.4 Å². The molecule has 5 nitrogen and oxygen atoms in total. The summed E-state index contributed by atoms with van der Waals surface area (Å²) in [6.07, 6.45) is 7.45. The van der Waals surface area contributed by atoms with Gasteiger partial charge in [-0.25, -0.2) is 4.68 Å². The second-order valence-corrected chi connectivity index (χ2v) is 7.03. The van der Waals surface area contributed by atoms with Crippen LogP contribution < -0.4 is 5.56 Å². The first-order chi connectivity index (χ1) is 10.8. The first-order valence-electron chi connectivity index (χ1n) is 8.71. The molecule has 1 saturated carbocycles. The van der Waals surface area contributed by atoms with E-state index in [1.54, 1.807) is 10.7 Å². The molecule has 3 aliphatic rings. The summed E-state index contributed by atoms with van der Waals surface area (Å²) in [7, 11) is 0. The first kappa shape index (κ1) is 14.4. The summed E-state index contributed by atoms with van der Waals surface area (Å²) in [4.78, 5) is 14.9. The van der Waals surface area contributed by atoms with Gasteiger partial charge in [-0.2, -0.15) is 5.10 Å². The fourth-order valence-electron chi connectivity index (χ4n) is 3.93. The molecule has 2 aliphatic heterocycles. The monoisotopic (exact) mass is 303 g/mol. The normalized spacial score (nSPS) is 25.9. The van der Waals surface area contributed by atoms with Crippen LogP contribution in [0.3, 0.4) is 0 Å². The van der Waals surface area contributed by atoms with Gasteiger partial charge in [-0.1, -0.05) is 6.42 Å². The third kappa shape index (κ3) is 2.84. The predicted octanol–water partition coefficient (Wildman–Crippen LogP) is 1.58. The van der Waals surface area contributed by atoms with Gasteiger partial charge in [0.1, 0.15) is 0 Å². The van der Waals surface area contributed by atoms with Crippen LogP contribution in [0, 0.1) is 5.92 Å². The Morgan fingerprint density at radius 3 is 2.95 bits per heavy atom. The molecule has 5 heteroatoms. The second-order valence-electron chi connectivity index (χ2n) is 7.03. The molecular weight excluding hydrogens is 278 g/mol. The first-order valence-corrected chi connectivity index (χ1v) is 8.71. The lowest BCUT2D eigenvalue weighted by molar-refractivity contribution is 0.107. The second kappa shape index (κ2) is 6.13. The SMILES string of the molecule is O=c1cc2c(nn1CC1CCCN1CC1CCC1)CCOC2. The van der Waals surface area contributed by atoms with Crippen molar-refractivity contribution >= 4 is 0 Å². The third-order valence-electron chi connectivity index (χ3n) is 5.51. The van der Waals surface area contributed by atoms with Gasteiger partial charge in [0, 0.05) is 30.6 Å². The molecule has 3 heterocycles. The minimum Gasteiger partial charge on any atom is -0.376 e. The quantitative estimate of drug-likeness (QED) is 0.847. The molecule has 0 bridgehead atoms. The van der Waals surface area contributed by atoms with Gasteiger partial charge in [-0.15, -0.1) is 0 Å². The lowest BCUT2D eigenvalue weighted by Crippen LogP contribution is -2.41. The molecule has 4 rings (SSSR count). The summed E-state index contributed by atoms with van der Waals surface area (Å²) < 4.78 is 7.11. The van der Waals surface area contributed by atoms with E-state index in [0.29, 0.717) is 12.6 Å². The van der Waals surface area contributed by atoms with E-state index in [9.17, 15) is 4.79 Å². The van der Waals surface area contributed by atoms with Crippen LogP contribution in [-0.4, -0.2) is 40.4 Å². The molecule has 0 amide bonds. The molecule has 120 valence electrons. The highest BCUT2D eigenvalue weighted by Crippen LogP contribution is 2.30. The van der Waals surface area contributed by atoms with E-state index in [4.69, 9.17) is 4.74 Å². The Labute approximate surface area is 131 Å². The van der Waals surface area contributed by atoms with E-state index in [0.717, 1.165) is 36.7 Å². The van der Waals surface area contributed by atoms with E-state index < -0.39 is 0 Å². The molecular formula is C17H25N3O2. The van der Waals surface area contributed by atoms with Crippen LogP contribution in [0.2, 0.25) is 0 Å². The lowest BCUT2D eigenvalue weighted by Gasteiger charge is -2.33. The fraction of sp³-hybridized carbons (Fsp3) is 0.765. The molecule has 1 unspecified atom stereocenters. The Bertz CT molecular complexity index is 594. The maximum atomic E-state index is 12.3. The van der Waals surface area contributed by atoms with Crippen molar-refractivity contribution in [3.05, 3.63) is 27.7 Å². The smallest absolute Gasteiger partial charge is 0.267 e. The van der Waals surface area contributed by atoms with Crippen LogP contribution in [-0.2, 0) is 24.3 Å². The highest BCUT2D eigenvalue weighted by Gasteiger charge is 2.29. The molecule has 0 radical (unpaired) electrons. The van der Waals surface area contributed by atoms with Crippen molar-refractivity contribution in [2.45, 2.75) is 57.7 Å². The Morgan fingerprint density at radius 2 is 2.14 bits per heavy atom. The van der Waals surface area contributed by atoms with Gasteiger partial charge in [-0.05, 0) is 38.1 Å². The number of hydrogen-bond donors (Lipinski definition) is 0. The van der Waals surface area contributed by atoms with Crippen LogP contribution in [0.15, 0.2) is 10.9 Å². The van der Waals surface area contributed by atoms with Gasteiger partial charge in [0.15, 0.2) is 0 Å². The van der Waals surface area contributed by atoms with E-state index in [-0.39, 0.29) is 5.56 Å². The Morgan fingerprint density at radius 1 is 1.23 bits per heavy atom. The third-order valence-corrected chi connectivity index (χ3v) is 5.51. The Kier molecular flexibility index (Phi) is 4.01. The standard InChI is InChI=1S/C17H25N3O2/c21-17-9-14-12-22-8-6-16(14)18-20(17)11-15-5-2-7-19(15)10-13-3-1-4-13/h9,13,15H,1-8,10-12H2. The molecule has 0 N–H and O–H groups in total. The predicted molar refractivity (Wildman–Crippen MR) is 83.8 cm³/mol. The van der Waals surface area contributed by atoms with Crippen LogP contribution in [0.5, 0.6) is 0 Å². The molecule has 1 aromatic heterocycles. The van der Waals surface area contributed by atoms with Gasteiger partial charge in [0.2, 0.25) is 0 Å². The van der Waals surface area contributed by atoms with Crippen molar-refractivity contribution in [1.82, 2.24) is 14.7 Å². The van der Waals surface area contributed by atoms with Crippen LogP contribution >= 0.6 is 0 Å². The molecule has 1 aliphatic carbocycles. The number of ether oxygens (including phenoxy) is 1. The summed E-state index contributed by atoms with van der Waals surface area (Å²) in [6, 6.07) is 2.22. The van der Waals surface area contributed by atoms with E-state index in [1.165, 1.54) is 45.2 Å². The average Bonchev–Trinajstić information content (AvgIpc) is 2.91. The zero-order valence-electron chi connectivity index (χ0n) is 13.2. The maximum Gasteiger partial charge on any atom is 0.267 e. The summed E-state index contributed by atoms with van der Waals surface area (Å²) >= 11 is 0. The maximum absolute atomic E-state index is 12.3. The van der Waals surface area contributed by atoms with Gasteiger partial charge in [0.05, 0.1) is 25.5 Å². The molecule has 0 aromatic carbocycles. The highest BCUT2D eigenvalue weighted by molar-refractivity contribution is 5.18. The molecule has 22 heavy (non-hydrogen) atoms. The molecule has 2 fully saturated rings. The summed E-state index contributed by atoms with van der Waals surface area (Å²) in [5, 5.41) is 4.62. The van der Waals surface area contributed by atoms with Crippen molar-refractivity contribution in [2.24, 2.45) is 5.92 Å². The van der Waals surface area contributed by atoms with Gasteiger partial charge in [0.25, 0.3) is 5.56 Å². The summed E-state index contributed by atoms with van der Waals surface area (Å²) in [6.45, 7) is 4.41. The number of nitrogens with zero attached hydrogens (tertiary/aromatic N) is 3. The number of aromatic nitrogens is 2. The molecule has 0 spiro atoms. The zero-order valence-corrected chi connectivity index (χ0v) is 13.2. The molecule has 1 atom stereocenters. The topological polar surface area (TPSA) is 47.4 Å². The largest absolute Gasteiger partial charge is 0.376 e. The van der Waals surface area contributed by atoms with Crippen molar-refractivity contribution in [1.29, 1.82) is 0 Å². The van der Waals surface area contributed by atoms with Gasteiger partial charge < -0.3 is 4.74 Å².